The molecule has 3 rings (SSSR count). The normalized spacial score (nSPS) is 13.9. The van der Waals surface area contributed by atoms with Crippen molar-refractivity contribution >= 4 is 17.7 Å². The zero-order valence-corrected chi connectivity index (χ0v) is 15.9. The molecule has 0 saturated carbocycles. The molecule has 1 aliphatic rings. The number of methoxy groups -OCH3 is 1. The summed E-state index contributed by atoms with van der Waals surface area (Å²) in [4.78, 5) is 28.2. The lowest BCUT2D eigenvalue weighted by Crippen LogP contribution is -2.52. The molecule has 1 heterocycles. The molecule has 1 saturated heterocycles. The van der Waals surface area contributed by atoms with Gasteiger partial charge in [0.2, 0.25) is 0 Å². The number of halogens is 1. The fraction of sp³-hybridized carbons (Fsp3) is 0.333. The summed E-state index contributed by atoms with van der Waals surface area (Å²) in [5.41, 5.74) is 2.33. The fourth-order valence-corrected chi connectivity index (χ4v) is 3.26. The van der Waals surface area contributed by atoms with E-state index in [2.05, 4.69) is 10.2 Å². The zero-order valence-electron chi connectivity index (χ0n) is 15.9. The summed E-state index contributed by atoms with van der Waals surface area (Å²) in [5, 5.41) is 2.91. The van der Waals surface area contributed by atoms with Crippen LogP contribution in [-0.4, -0.2) is 56.7 Å². The number of carbonyl (C=O) groups is 2. The third-order valence-electron chi connectivity index (χ3n) is 4.82. The average molecular weight is 385 g/mol. The van der Waals surface area contributed by atoms with Crippen LogP contribution in [-0.2, 0) is 11.2 Å². The number of rotatable bonds is 5. The third kappa shape index (κ3) is 4.79. The molecule has 2 aromatic rings. The topological polar surface area (TPSA) is 61.9 Å². The molecule has 2 amide bonds. The van der Waals surface area contributed by atoms with E-state index in [0.717, 1.165) is 11.3 Å². The predicted octanol–water partition coefficient (Wildman–Crippen LogP) is 2.69. The molecular weight excluding hydrogens is 361 g/mol. The molecule has 2 aromatic carbocycles. The number of nitrogens with one attached hydrogen (secondary N) is 1. The van der Waals surface area contributed by atoms with Gasteiger partial charge in [-0.3, -0.25) is 0 Å². The zero-order chi connectivity index (χ0) is 19.9. The van der Waals surface area contributed by atoms with Gasteiger partial charge in [-0.05, 0) is 36.2 Å². The highest BCUT2D eigenvalue weighted by Crippen LogP contribution is 2.22. The van der Waals surface area contributed by atoms with Gasteiger partial charge in [-0.15, -0.1) is 0 Å². The summed E-state index contributed by atoms with van der Waals surface area (Å²) in [6, 6.07) is 13.5. The number of nitrogens with zero attached hydrogens (tertiary/aromatic N) is 2. The highest BCUT2D eigenvalue weighted by molar-refractivity contribution is 5.95. The second kappa shape index (κ2) is 9.21. The van der Waals surface area contributed by atoms with Crippen molar-refractivity contribution in [1.29, 1.82) is 0 Å². The van der Waals surface area contributed by atoms with Gasteiger partial charge in [0.15, 0.2) is 0 Å². The Morgan fingerprint density at radius 2 is 1.71 bits per heavy atom. The van der Waals surface area contributed by atoms with E-state index in [9.17, 15) is 14.0 Å². The molecule has 1 N–H and O–H groups in total. The van der Waals surface area contributed by atoms with Crippen molar-refractivity contribution in [3.05, 3.63) is 65.5 Å². The molecule has 0 aliphatic carbocycles. The largest absolute Gasteiger partial charge is 0.465 e. The molecule has 148 valence electrons. The van der Waals surface area contributed by atoms with Crippen molar-refractivity contribution in [3.63, 3.8) is 0 Å². The van der Waals surface area contributed by atoms with Gasteiger partial charge in [0.25, 0.3) is 0 Å². The number of piperazine rings is 1. The summed E-state index contributed by atoms with van der Waals surface area (Å²) >= 11 is 0. The molecule has 7 heteroatoms. The lowest BCUT2D eigenvalue weighted by Gasteiger charge is -2.36. The minimum absolute atomic E-state index is 0.108. The first-order chi connectivity index (χ1) is 13.6. The fourth-order valence-electron chi connectivity index (χ4n) is 3.26. The summed E-state index contributed by atoms with van der Waals surface area (Å²) in [5.74, 6) is -0.629. The number of anilines is 1. The van der Waals surface area contributed by atoms with Crippen LogP contribution in [0.25, 0.3) is 0 Å². The number of esters is 1. The SMILES string of the molecule is COC(=O)c1ccccc1N1CCN(C(=O)NCCc2ccc(F)cc2)CC1. The van der Waals surface area contributed by atoms with Crippen LogP contribution in [0.15, 0.2) is 48.5 Å². The first-order valence-corrected chi connectivity index (χ1v) is 9.28. The molecule has 0 radical (unpaired) electrons. The molecule has 0 bridgehead atoms. The van der Waals surface area contributed by atoms with Crippen molar-refractivity contribution in [1.82, 2.24) is 10.2 Å². The Morgan fingerprint density at radius 3 is 2.39 bits per heavy atom. The van der Waals surface area contributed by atoms with Crippen LogP contribution in [0.2, 0.25) is 0 Å². The smallest absolute Gasteiger partial charge is 0.339 e. The quantitative estimate of drug-likeness (QED) is 0.804. The first-order valence-electron chi connectivity index (χ1n) is 9.28. The van der Waals surface area contributed by atoms with Crippen LogP contribution in [0.3, 0.4) is 0 Å². The maximum atomic E-state index is 12.9. The first kappa shape index (κ1) is 19.7. The van der Waals surface area contributed by atoms with E-state index >= 15 is 0 Å². The lowest BCUT2D eigenvalue weighted by atomic mass is 10.1. The second-order valence-electron chi connectivity index (χ2n) is 6.59. The van der Waals surface area contributed by atoms with Crippen molar-refractivity contribution in [2.75, 3.05) is 44.7 Å². The van der Waals surface area contributed by atoms with Gasteiger partial charge in [-0.2, -0.15) is 0 Å². The molecule has 6 nitrogen and oxygen atoms in total. The van der Waals surface area contributed by atoms with Crippen LogP contribution in [0.5, 0.6) is 0 Å². The Labute approximate surface area is 163 Å². The monoisotopic (exact) mass is 385 g/mol. The lowest BCUT2D eigenvalue weighted by molar-refractivity contribution is 0.0601. The van der Waals surface area contributed by atoms with Crippen molar-refractivity contribution in [3.8, 4) is 0 Å². The Morgan fingerprint density at radius 1 is 1.04 bits per heavy atom. The summed E-state index contributed by atoms with van der Waals surface area (Å²) in [6.07, 6.45) is 0.651. The standard InChI is InChI=1S/C21H24FN3O3/c1-28-20(26)18-4-2-3-5-19(18)24-12-14-25(15-13-24)21(27)23-11-10-16-6-8-17(22)9-7-16/h2-9H,10-15H2,1H3,(H,23,27). The van der Waals surface area contributed by atoms with E-state index < -0.39 is 0 Å². The maximum Gasteiger partial charge on any atom is 0.339 e. The second-order valence-corrected chi connectivity index (χ2v) is 6.59. The van der Waals surface area contributed by atoms with Crippen molar-refractivity contribution in [2.45, 2.75) is 6.42 Å². The summed E-state index contributed by atoms with van der Waals surface area (Å²) in [6.45, 7) is 2.91. The molecule has 1 aliphatic heterocycles. The van der Waals surface area contributed by atoms with E-state index in [4.69, 9.17) is 4.74 Å². The van der Waals surface area contributed by atoms with Gasteiger partial charge < -0.3 is 19.9 Å². The van der Waals surface area contributed by atoms with Gasteiger partial charge in [0.05, 0.1) is 18.4 Å². The molecular formula is C21H24FN3O3. The molecule has 0 spiro atoms. The van der Waals surface area contributed by atoms with E-state index in [1.807, 2.05) is 12.1 Å². The predicted molar refractivity (Wildman–Crippen MR) is 105 cm³/mol. The van der Waals surface area contributed by atoms with Crippen LogP contribution in [0.4, 0.5) is 14.9 Å². The minimum atomic E-state index is -0.364. The molecule has 0 atom stereocenters. The Kier molecular flexibility index (Phi) is 6.47. The molecule has 0 aromatic heterocycles. The number of carbonyl (C=O) groups excluding carboxylic acids is 2. The van der Waals surface area contributed by atoms with E-state index in [0.29, 0.717) is 44.7 Å². The minimum Gasteiger partial charge on any atom is -0.465 e. The number of benzene rings is 2. The van der Waals surface area contributed by atoms with Crippen LogP contribution in [0, 0.1) is 5.82 Å². The maximum absolute atomic E-state index is 12.9. The number of hydrogen-bond acceptors (Lipinski definition) is 4. The van der Waals surface area contributed by atoms with E-state index in [1.165, 1.54) is 19.2 Å². The number of hydrogen-bond donors (Lipinski definition) is 1. The molecule has 0 unspecified atom stereocenters. The van der Waals surface area contributed by atoms with Gasteiger partial charge in [0.1, 0.15) is 5.82 Å². The number of para-hydroxylation sites is 1. The van der Waals surface area contributed by atoms with Gasteiger partial charge in [-0.25, -0.2) is 14.0 Å². The van der Waals surface area contributed by atoms with Gasteiger partial charge >= 0.3 is 12.0 Å². The van der Waals surface area contributed by atoms with Gasteiger partial charge in [-0.1, -0.05) is 24.3 Å². The van der Waals surface area contributed by atoms with Crippen molar-refractivity contribution < 1.29 is 18.7 Å². The number of ether oxygens (including phenoxy) is 1. The summed E-state index contributed by atoms with van der Waals surface area (Å²) < 4.78 is 17.8. The molecule has 28 heavy (non-hydrogen) atoms. The highest BCUT2D eigenvalue weighted by atomic mass is 19.1. The average Bonchev–Trinajstić information content (AvgIpc) is 2.74. The Bertz CT molecular complexity index is 818. The Balaban J connectivity index is 1.49. The number of urea groups is 1. The Hall–Kier alpha value is -3.09. The van der Waals surface area contributed by atoms with E-state index in [1.54, 1.807) is 29.2 Å². The van der Waals surface area contributed by atoms with Gasteiger partial charge in [0, 0.05) is 32.7 Å². The highest BCUT2D eigenvalue weighted by Gasteiger charge is 2.24. The summed E-state index contributed by atoms with van der Waals surface area (Å²) in [7, 11) is 1.37. The number of amides is 2. The van der Waals surface area contributed by atoms with Crippen LogP contribution < -0.4 is 10.2 Å². The third-order valence-corrected chi connectivity index (χ3v) is 4.82. The van der Waals surface area contributed by atoms with Crippen molar-refractivity contribution in [2.24, 2.45) is 0 Å². The molecule has 1 fully saturated rings. The van der Waals surface area contributed by atoms with E-state index in [-0.39, 0.29) is 17.8 Å². The van der Waals surface area contributed by atoms with Crippen LogP contribution in [0.1, 0.15) is 15.9 Å². The van der Waals surface area contributed by atoms with Crippen LogP contribution >= 0.6 is 0 Å².